The Bertz CT molecular complexity index is 481. The van der Waals surface area contributed by atoms with Crippen molar-refractivity contribution in [2.45, 2.75) is 44.7 Å². The van der Waals surface area contributed by atoms with Gasteiger partial charge in [-0.05, 0) is 57.0 Å². The summed E-state index contributed by atoms with van der Waals surface area (Å²) < 4.78 is 12.9. The number of nitrogens with one attached hydrogen (secondary N) is 1. The number of hydrogen-bond acceptors (Lipinski definition) is 3. The molecule has 1 heterocycles. The van der Waals surface area contributed by atoms with E-state index in [9.17, 15) is 9.18 Å². The molecule has 0 spiro atoms. The van der Waals surface area contributed by atoms with Crippen LogP contribution >= 0.6 is 12.4 Å². The van der Waals surface area contributed by atoms with Gasteiger partial charge in [-0.3, -0.25) is 9.69 Å². The molecule has 1 aromatic carbocycles. The Balaban J connectivity index is 0.00000264. The molecule has 2 rings (SSSR count). The van der Waals surface area contributed by atoms with Crippen LogP contribution in [0.3, 0.4) is 0 Å². The Labute approximate surface area is 144 Å². The van der Waals surface area contributed by atoms with Crippen LogP contribution in [-0.2, 0) is 4.79 Å². The number of carbonyl (C=O) groups excluding carboxylic acids is 1. The van der Waals surface area contributed by atoms with Crippen molar-refractivity contribution in [3.8, 4) is 0 Å². The predicted octanol–water partition coefficient (Wildman–Crippen LogP) is 2.63. The van der Waals surface area contributed by atoms with Crippen molar-refractivity contribution in [3.63, 3.8) is 0 Å². The SMILES string of the molecule is CC(NC(=O)CN1CCCCC1CCN)c1ccc(F)cc1.Cl. The highest BCUT2D eigenvalue weighted by atomic mass is 35.5. The lowest BCUT2D eigenvalue weighted by Gasteiger charge is -2.35. The van der Waals surface area contributed by atoms with Crippen molar-refractivity contribution in [1.82, 2.24) is 10.2 Å². The van der Waals surface area contributed by atoms with Crippen LogP contribution in [0.1, 0.15) is 44.2 Å². The standard InChI is InChI=1S/C17H26FN3O.ClH/c1-13(14-5-7-15(18)8-6-14)20-17(22)12-21-11-3-2-4-16(21)9-10-19;/h5-8,13,16H,2-4,9-12,19H2,1H3,(H,20,22);1H. The molecular formula is C17H27ClFN3O. The molecule has 0 aliphatic carbocycles. The van der Waals surface area contributed by atoms with Gasteiger partial charge in [-0.1, -0.05) is 18.6 Å². The highest BCUT2D eigenvalue weighted by molar-refractivity contribution is 5.85. The fraction of sp³-hybridized carbons (Fsp3) is 0.588. The number of benzene rings is 1. The molecule has 4 nitrogen and oxygen atoms in total. The van der Waals surface area contributed by atoms with Crippen LogP contribution in [0.2, 0.25) is 0 Å². The van der Waals surface area contributed by atoms with Gasteiger partial charge in [0, 0.05) is 6.04 Å². The number of hydrogen-bond donors (Lipinski definition) is 2. The second-order valence-electron chi connectivity index (χ2n) is 6.04. The molecular weight excluding hydrogens is 317 g/mol. The maximum absolute atomic E-state index is 12.9. The van der Waals surface area contributed by atoms with Gasteiger partial charge < -0.3 is 11.1 Å². The summed E-state index contributed by atoms with van der Waals surface area (Å²) in [6.07, 6.45) is 4.43. The Morgan fingerprint density at radius 2 is 2.09 bits per heavy atom. The molecule has 0 bridgehead atoms. The first-order valence-corrected chi connectivity index (χ1v) is 8.09. The first-order chi connectivity index (χ1) is 10.6. The van der Waals surface area contributed by atoms with Gasteiger partial charge in [-0.15, -0.1) is 12.4 Å². The van der Waals surface area contributed by atoms with Crippen LogP contribution in [0.5, 0.6) is 0 Å². The van der Waals surface area contributed by atoms with Crippen LogP contribution in [0, 0.1) is 5.82 Å². The summed E-state index contributed by atoms with van der Waals surface area (Å²) in [4.78, 5) is 14.5. The molecule has 6 heteroatoms. The van der Waals surface area contributed by atoms with Crippen molar-refractivity contribution in [2.75, 3.05) is 19.6 Å². The number of carbonyl (C=O) groups is 1. The van der Waals surface area contributed by atoms with Gasteiger partial charge in [0.1, 0.15) is 5.82 Å². The number of likely N-dealkylation sites (tertiary alicyclic amines) is 1. The van der Waals surface area contributed by atoms with Crippen molar-refractivity contribution in [1.29, 1.82) is 0 Å². The summed E-state index contributed by atoms with van der Waals surface area (Å²) in [5.41, 5.74) is 6.57. The van der Waals surface area contributed by atoms with E-state index < -0.39 is 0 Å². The van der Waals surface area contributed by atoms with E-state index in [4.69, 9.17) is 5.73 Å². The molecule has 2 unspecified atom stereocenters. The van der Waals surface area contributed by atoms with Crippen LogP contribution in [0.15, 0.2) is 24.3 Å². The zero-order valence-electron chi connectivity index (χ0n) is 13.6. The van der Waals surface area contributed by atoms with E-state index in [0.717, 1.165) is 31.4 Å². The number of nitrogens with zero attached hydrogens (tertiary/aromatic N) is 1. The minimum absolute atomic E-state index is 0. The Kier molecular flexibility index (Phi) is 8.52. The van der Waals surface area contributed by atoms with Gasteiger partial charge in [0.2, 0.25) is 5.91 Å². The fourth-order valence-corrected chi connectivity index (χ4v) is 3.09. The fourth-order valence-electron chi connectivity index (χ4n) is 3.09. The molecule has 1 aliphatic heterocycles. The molecule has 1 amide bonds. The van der Waals surface area contributed by atoms with E-state index in [-0.39, 0.29) is 30.2 Å². The van der Waals surface area contributed by atoms with Crippen LogP contribution in [0.25, 0.3) is 0 Å². The molecule has 0 radical (unpaired) electrons. The largest absolute Gasteiger partial charge is 0.348 e. The summed E-state index contributed by atoms with van der Waals surface area (Å²) in [5, 5.41) is 2.99. The van der Waals surface area contributed by atoms with Crippen LogP contribution in [0.4, 0.5) is 4.39 Å². The highest BCUT2D eigenvalue weighted by Crippen LogP contribution is 2.19. The Morgan fingerprint density at radius 3 is 2.74 bits per heavy atom. The van der Waals surface area contributed by atoms with E-state index >= 15 is 0 Å². The lowest BCUT2D eigenvalue weighted by molar-refractivity contribution is -0.123. The van der Waals surface area contributed by atoms with E-state index in [1.165, 1.54) is 18.6 Å². The third-order valence-electron chi connectivity index (χ3n) is 4.34. The third kappa shape index (κ3) is 6.09. The molecule has 0 aromatic heterocycles. The maximum atomic E-state index is 12.9. The molecule has 23 heavy (non-hydrogen) atoms. The van der Waals surface area contributed by atoms with E-state index in [1.807, 2.05) is 6.92 Å². The van der Waals surface area contributed by atoms with Crippen LogP contribution < -0.4 is 11.1 Å². The monoisotopic (exact) mass is 343 g/mol. The number of halogens is 2. The Hall–Kier alpha value is -1.17. The molecule has 0 saturated carbocycles. The van der Waals surface area contributed by atoms with E-state index in [1.54, 1.807) is 12.1 Å². The quantitative estimate of drug-likeness (QED) is 0.834. The molecule has 2 atom stereocenters. The lowest BCUT2D eigenvalue weighted by atomic mass is 9.99. The third-order valence-corrected chi connectivity index (χ3v) is 4.34. The summed E-state index contributed by atoms with van der Waals surface area (Å²) in [7, 11) is 0. The van der Waals surface area contributed by atoms with Gasteiger partial charge in [-0.2, -0.15) is 0 Å². The first kappa shape index (κ1) is 19.9. The topological polar surface area (TPSA) is 58.4 Å². The van der Waals surface area contributed by atoms with Gasteiger partial charge in [-0.25, -0.2) is 4.39 Å². The normalized spacial score (nSPS) is 19.7. The molecule has 1 fully saturated rings. The average molecular weight is 344 g/mol. The lowest BCUT2D eigenvalue weighted by Crippen LogP contribution is -2.46. The maximum Gasteiger partial charge on any atom is 0.234 e. The van der Waals surface area contributed by atoms with E-state index in [2.05, 4.69) is 10.2 Å². The van der Waals surface area contributed by atoms with Crippen molar-refractivity contribution in [3.05, 3.63) is 35.6 Å². The van der Waals surface area contributed by atoms with Gasteiger partial charge >= 0.3 is 0 Å². The average Bonchev–Trinajstić information content (AvgIpc) is 2.50. The summed E-state index contributed by atoms with van der Waals surface area (Å²) in [6, 6.07) is 6.55. The molecule has 3 N–H and O–H groups in total. The van der Waals surface area contributed by atoms with Crippen LogP contribution in [-0.4, -0.2) is 36.5 Å². The summed E-state index contributed by atoms with van der Waals surface area (Å²) in [5.74, 6) is -0.249. The minimum Gasteiger partial charge on any atom is -0.348 e. The van der Waals surface area contributed by atoms with Gasteiger partial charge in [0.15, 0.2) is 0 Å². The zero-order valence-corrected chi connectivity index (χ0v) is 14.4. The second-order valence-corrected chi connectivity index (χ2v) is 6.04. The number of nitrogens with two attached hydrogens (primary N) is 1. The van der Waals surface area contributed by atoms with Gasteiger partial charge in [0.05, 0.1) is 12.6 Å². The highest BCUT2D eigenvalue weighted by Gasteiger charge is 2.24. The summed E-state index contributed by atoms with van der Waals surface area (Å²) in [6.45, 7) is 3.95. The molecule has 130 valence electrons. The number of amides is 1. The summed E-state index contributed by atoms with van der Waals surface area (Å²) >= 11 is 0. The predicted molar refractivity (Wildman–Crippen MR) is 93.1 cm³/mol. The van der Waals surface area contributed by atoms with Gasteiger partial charge in [0.25, 0.3) is 0 Å². The Morgan fingerprint density at radius 1 is 1.39 bits per heavy atom. The smallest absolute Gasteiger partial charge is 0.234 e. The van der Waals surface area contributed by atoms with E-state index in [0.29, 0.717) is 19.1 Å². The molecule has 1 saturated heterocycles. The second kappa shape index (κ2) is 9.85. The first-order valence-electron chi connectivity index (χ1n) is 8.09. The molecule has 1 aromatic rings. The van der Waals surface area contributed by atoms with Crippen molar-refractivity contribution in [2.24, 2.45) is 5.73 Å². The number of piperidine rings is 1. The minimum atomic E-state index is -0.264. The van der Waals surface area contributed by atoms with Crippen molar-refractivity contribution >= 4 is 18.3 Å². The number of rotatable bonds is 6. The molecule has 1 aliphatic rings. The van der Waals surface area contributed by atoms with Crippen molar-refractivity contribution < 1.29 is 9.18 Å². The zero-order chi connectivity index (χ0) is 15.9.